The lowest BCUT2D eigenvalue weighted by Gasteiger charge is -2.45. The lowest BCUT2D eigenvalue weighted by Crippen LogP contribution is -2.65. The van der Waals surface area contributed by atoms with Gasteiger partial charge in [0.25, 0.3) is 11.8 Å². The van der Waals surface area contributed by atoms with Gasteiger partial charge in [-0.3, -0.25) is 28.9 Å². The van der Waals surface area contributed by atoms with Crippen LogP contribution in [-0.2, 0) is 33.3 Å². The van der Waals surface area contributed by atoms with Crippen molar-refractivity contribution in [2.75, 3.05) is 6.61 Å². The first-order valence-corrected chi connectivity index (χ1v) is 12.2. The standard InChI is InChI=1S/C20H16BrCl4NO9/c1-5(27)32-4-8-16(33-6(2)28)17(34-7(3)29)15(18(21)35-8)26-19(30)9-10(20(26)31)12(23)14(25)13(24)11(9)22/h8,15-18H,4H2,1-3H3/t8-,15-,16-,17-,18?/m1/s1. The van der Waals surface area contributed by atoms with E-state index in [1.165, 1.54) is 0 Å². The Morgan fingerprint density at radius 1 is 0.829 bits per heavy atom. The molecule has 5 atom stereocenters. The summed E-state index contributed by atoms with van der Waals surface area (Å²) >= 11 is 27.8. The topological polar surface area (TPSA) is 126 Å². The maximum absolute atomic E-state index is 13.4. The maximum atomic E-state index is 13.4. The minimum Gasteiger partial charge on any atom is -0.463 e. The Kier molecular flexibility index (Phi) is 8.61. The van der Waals surface area contributed by atoms with Gasteiger partial charge in [0.15, 0.2) is 12.2 Å². The SMILES string of the molecule is CC(=O)OC[C@H]1OC(Br)[C@H](N2C(=O)c3c(Cl)c(Cl)c(Cl)c(Cl)c3C2=O)[C@@H](OC(C)=O)[C@@H]1OC(C)=O. The third kappa shape index (κ3) is 5.26. The Morgan fingerprint density at radius 2 is 1.29 bits per heavy atom. The molecular formula is C20H16BrCl4NO9. The number of hydrogen-bond donors (Lipinski definition) is 0. The number of amides is 2. The highest BCUT2D eigenvalue weighted by molar-refractivity contribution is 9.09. The number of esters is 3. The molecule has 1 saturated heterocycles. The molecule has 2 heterocycles. The van der Waals surface area contributed by atoms with E-state index in [0.29, 0.717) is 4.90 Å². The summed E-state index contributed by atoms with van der Waals surface area (Å²) in [5, 5.41) is -2.23. The molecule has 35 heavy (non-hydrogen) atoms. The molecule has 0 radical (unpaired) electrons. The minimum absolute atomic E-state index is 0.230. The van der Waals surface area contributed by atoms with Gasteiger partial charge in [0.1, 0.15) is 23.8 Å². The number of nitrogens with zero attached hydrogens (tertiary/aromatic N) is 1. The van der Waals surface area contributed by atoms with Crippen LogP contribution in [0.4, 0.5) is 0 Å². The molecule has 0 aromatic heterocycles. The summed E-state index contributed by atoms with van der Waals surface area (Å²) in [7, 11) is 0. The van der Waals surface area contributed by atoms with E-state index < -0.39 is 59.1 Å². The summed E-state index contributed by atoms with van der Waals surface area (Å²) in [5.41, 5.74) is -0.605. The van der Waals surface area contributed by atoms with Gasteiger partial charge in [-0.2, -0.15) is 0 Å². The van der Waals surface area contributed by atoms with Crippen molar-refractivity contribution >= 4 is 92.1 Å². The molecule has 10 nitrogen and oxygen atoms in total. The van der Waals surface area contributed by atoms with Crippen molar-refractivity contribution in [3.63, 3.8) is 0 Å². The summed E-state index contributed by atoms with van der Waals surface area (Å²) in [6, 6.07) is -1.38. The zero-order chi connectivity index (χ0) is 26.4. The van der Waals surface area contributed by atoms with E-state index in [1.807, 2.05) is 0 Å². The highest BCUT2D eigenvalue weighted by Crippen LogP contribution is 2.46. The summed E-state index contributed by atoms with van der Waals surface area (Å²) in [5.74, 6) is -4.10. The van der Waals surface area contributed by atoms with E-state index in [4.69, 9.17) is 65.4 Å². The van der Waals surface area contributed by atoms with E-state index in [1.54, 1.807) is 0 Å². The van der Waals surface area contributed by atoms with Crippen molar-refractivity contribution in [1.82, 2.24) is 4.90 Å². The maximum Gasteiger partial charge on any atom is 0.303 e. The summed E-state index contributed by atoms with van der Waals surface area (Å²) in [6.45, 7) is 2.95. The Hall–Kier alpha value is -1.63. The molecule has 0 N–H and O–H groups in total. The molecule has 2 aliphatic heterocycles. The highest BCUT2D eigenvalue weighted by atomic mass is 79.9. The van der Waals surface area contributed by atoms with Crippen molar-refractivity contribution in [3.05, 3.63) is 31.2 Å². The molecule has 190 valence electrons. The molecule has 1 fully saturated rings. The van der Waals surface area contributed by atoms with Gasteiger partial charge < -0.3 is 18.9 Å². The second-order valence-corrected chi connectivity index (χ2v) is 9.87. The van der Waals surface area contributed by atoms with Crippen LogP contribution >= 0.6 is 62.3 Å². The predicted octanol–water partition coefficient (Wildman–Crippen LogP) is 3.81. The van der Waals surface area contributed by atoms with Crippen LogP contribution in [0.3, 0.4) is 0 Å². The molecule has 3 rings (SSSR count). The van der Waals surface area contributed by atoms with Crippen molar-refractivity contribution in [1.29, 1.82) is 0 Å². The van der Waals surface area contributed by atoms with Crippen LogP contribution in [0.25, 0.3) is 0 Å². The number of carbonyl (C=O) groups excluding carboxylic acids is 5. The first kappa shape index (κ1) is 27.9. The molecule has 2 aliphatic rings. The van der Waals surface area contributed by atoms with Crippen LogP contribution < -0.4 is 0 Å². The van der Waals surface area contributed by atoms with Gasteiger partial charge in [-0.25, -0.2) is 0 Å². The summed E-state index contributed by atoms with van der Waals surface area (Å²) < 4.78 is 21.5. The number of fused-ring (bicyclic) bond motifs is 1. The van der Waals surface area contributed by atoms with E-state index in [9.17, 15) is 24.0 Å². The number of rotatable bonds is 5. The van der Waals surface area contributed by atoms with E-state index in [-0.39, 0.29) is 37.8 Å². The van der Waals surface area contributed by atoms with Crippen molar-refractivity contribution < 1.29 is 42.9 Å². The predicted molar refractivity (Wildman–Crippen MR) is 126 cm³/mol. The molecule has 0 bridgehead atoms. The van der Waals surface area contributed by atoms with Crippen LogP contribution in [0.2, 0.25) is 20.1 Å². The zero-order valence-corrected chi connectivity index (χ0v) is 22.7. The van der Waals surface area contributed by atoms with Gasteiger partial charge in [0.05, 0.1) is 31.2 Å². The first-order valence-electron chi connectivity index (χ1n) is 9.79. The van der Waals surface area contributed by atoms with E-state index in [2.05, 4.69) is 15.9 Å². The Morgan fingerprint density at radius 3 is 1.71 bits per heavy atom. The van der Waals surface area contributed by atoms with Gasteiger partial charge >= 0.3 is 17.9 Å². The smallest absolute Gasteiger partial charge is 0.303 e. The number of alkyl halides is 1. The fraction of sp³-hybridized carbons (Fsp3) is 0.450. The van der Waals surface area contributed by atoms with Crippen molar-refractivity contribution in [2.45, 2.75) is 50.1 Å². The van der Waals surface area contributed by atoms with Crippen LogP contribution in [0.1, 0.15) is 41.5 Å². The molecule has 0 aliphatic carbocycles. The first-order chi connectivity index (χ1) is 16.3. The third-order valence-corrected chi connectivity index (χ3v) is 7.65. The molecule has 2 amide bonds. The highest BCUT2D eigenvalue weighted by Gasteiger charge is 2.57. The Bertz CT molecular complexity index is 1080. The Balaban J connectivity index is 2.12. The lowest BCUT2D eigenvalue weighted by atomic mass is 9.96. The van der Waals surface area contributed by atoms with E-state index in [0.717, 1.165) is 20.8 Å². The molecule has 1 unspecified atom stereocenters. The normalized spacial score (nSPS) is 25.8. The second kappa shape index (κ2) is 10.8. The fourth-order valence-electron chi connectivity index (χ4n) is 3.78. The third-order valence-electron chi connectivity index (χ3n) is 5.09. The second-order valence-electron chi connectivity index (χ2n) is 7.45. The van der Waals surface area contributed by atoms with Gasteiger partial charge in [0.2, 0.25) is 0 Å². The fourth-order valence-corrected chi connectivity index (χ4v) is 5.61. The van der Waals surface area contributed by atoms with Crippen LogP contribution in [0.15, 0.2) is 0 Å². The number of hydrogen-bond acceptors (Lipinski definition) is 9. The average molecular weight is 636 g/mol. The number of halogens is 5. The average Bonchev–Trinajstić information content (AvgIpc) is 3.01. The van der Waals surface area contributed by atoms with E-state index >= 15 is 0 Å². The van der Waals surface area contributed by atoms with Crippen molar-refractivity contribution in [2.24, 2.45) is 0 Å². The molecule has 0 spiro atoms. The number of benzene rings is 1. The minimum atomic E-state index is -1.44. The molecule has 0 saturated carbocycles. The van der Waals surface area contributed by atoms with Gasteiger partial charge in [-0.1, -0.05) is 62.3 Å². The van der Waals surface area contributed by atoms with Gasteiger partial charge in [-0.15, -0.1) is 0 Å². The number of imide groups is 1. The molecule has 15 heteroatoms. The van der Waals surface area contributed by atoms with Crippen LogP contribution in [-0.4, -0.2) is 70.6 Å². The van der Waals surface area contributed by atoms with Crippen LogP contribution in [0, 0.1) is 0 Å². The number of carbonyl (C=O) groups is 5. The number of ether oxygens (including phenoxy) is 4. The molecule has 1 aromatic rings. The summed E-state index contributed by atoms with van der Waals surface area (Å²) in [6.07, 6.45) is -3.95. The largest absolute Gasteiger partial charge is 0.463 e. The molecular weight excluding hydrogens is 620 g/mol. The van der Waals surface area contributed by atoms with Crippen LogP contribution in [0.5, 0.6) is 0 Å². The van der Waals surface area contributed by atoms with Gasteiger partial charge in [0, 0.05) is 20.8 Å². The monoisotopic (exact) mass is 633 g/mol. The lowest BCUT2D eigenvalue weighted by molar-refractivity contribution is -0.216. The summed E-state index contributed by atoms with van der Waals surface area (Å²) in [4.78, 5) is 62.7. The molecule has 1 aromatic carbocycles. The van der Waals surface area contributed by atoms with Gasteiger partial charge in [-0.05, 0) is 0 Å². The quantitative estimate of drug-likeness (QED) is 0.119. The Labute approximate surface area is 227 Å². The zero-order valence-electron chi connectivity index (χ0n) is 18.1. The van der Waals surface area contributed by atoms with Crippen molar-refractivity contribution in [3.8, 4) is 0 Å².